The molecule has 2 rings (SSSR count). The molecule has 19 heavy (non-hydrogen) atoms. The molecule has 6 nitrogen and oxygen atoms in total. The Kier molecular flexibility index (Phi) is 3.25. The van der Waals surface area contributed by atoms with Gasteiger partial charge in [0.05, 0.1) is 0 Å². The lowest BCUT2D eigenvalue weighted by Crippen LogP contribution is -2.44. The van der Waals surface area contributed by atoms with E-state index in [1.54, 1.807) is 12.1 Å². The van der Waals surface area contributed by atoms with Crippen LogP contribution < -0.4 is 10.6 Å². The maximum atomic E-state index is 12.0. The second-order valence-electron chi connectivity index (χ2n) is 4.57. The van der Waals surface area contributed by atoms with Crippen LogP contribution in [0.5, 0.6) is 0 Å². The molecule has 0 saturated carbocycles. The number of carboxylic acids is 1. The van der Waals surface area contributed by atoms with Gasteiger partial charge in [-0.1, -0.05) is 29.8 Å². The summed E-state index contributed by atoms with van der Waals surface area (Å²) in [7, 11) is 0. The quantitative estimate of drug-likeness (QED) is 0.702. The molecule has 1 aromatic rings. The third-order valence-corrected chi connectivity index (χ3v) is 3.20. The molecular weight excluding hydrogens is 248 g/mol. The van der Waals surface area contributed by atoms with E-state index < -0.39 is 23.4 Å². The number of urea groups is 1. The summed E-state index contributed by atoms with van der Waals surface area (Å²) in [6.07, 6.45) is -0.190. The van der Waals surface area contributed by atoms with Crippen LogP contribution in [-0.4, -0.2) is 23.0 Å². The van der Waals surface area contributed by atoms with Gasteiger partial charge in [-0.15, -0.1) is 0 Å². The summed E-state index contributed by atoms with van der Waals surface area (Å²) in [6, 6.07) is 6.48. The van der Waals surface area contributed by atoms with Crippen molar-refractivity contribution in [3.8, 4) is 0 Å². The maximum absolute atomic E-state index is 12.0. The van der Waals surface area contributed by atoms with Gasteiger partial charge in [-0.3, -0.25) is 14.9 Å². The van der Waals surface area contributed by atoms with E-state index in [0.29, 0.717) is 5.56 Å². The molecule has 0 aromatic heterocycles. The van der Waals surface area contributed by atoms with Gasteiger partial charge in [0.1, 0.15) is 5.54 Å². The van der Waals surface area contributed by atoms with Gasteiger partial charge in [-0.25, -0.2) is 4.79 Å². The molecule has 0 radical (unpaired) electrons. The van der Waals surface area contributed by atoms with E-state index in [1.165, 1.54) is 0 Å². The molecule has 3 amide bonds. The second-order valence-corrected chi connectivity index (χ2v) is 4.57. The highest BCUT2D eigenvalue weighted by molar-refractivity contribution is 6.07. The topological polar surface area (TPSA) is 95.5 Å². The number of carboxylic acid groups (broad SMARTS) is 1. The van der Waals surface area contributed by atoms with Gasteiger partial charge in [0.25, 0.3) is 5.91 Å². The molecule has 1 aliphatic rings. The van der Waals surface area contributed by atoms with Gasteiger partial charge in [-0.05, 0) is 18.9 Å². The van der Waals surface area contributed by atoms with E-state index in [1.807, 2.05) is 19.1 Å². The van der Waals surface area contributed by atoms with Crippen molar-refractivity contribution in [1.82, 2.24) is 10.6 Å². The molecule has 1 aliphatic heterocycles. The third kappa shape index (κ3) is 2.42. The van der Waals surface area contributed by atoms with Crippen molar-refractivity contribution >= 4 is 17.9 Å². The second kappa shape index (κ2) is 4.72. The van der Waals surface area contributed by atoms with E-state index in [0.717, 1.165) is 5.56 Å². The monoisotopic (exact) mass is 262 g/mol. The molecule has 1 saturated heterocycles. The molecule has 1 aromatic carbocycles. The third-order valence-electron chi connectivity index (χ3n) is 3.20. The Morgan fingerprint density at radius 2 is 1.89 bits per heavy atom. The zero-order valence-corrected chi connectivity index (χ0v) is 10.4. The van der Waals surface area contributed by atoms with Crippen LogP contribution in [0.15, 0.2) is 24.3 Å². The highest BCUT2D eigenvalue weighted by atomic mass is 16.4. The van der Waals surface area contributed by atoms with Gasteiger partial charge in [-0.2, -0.15) is 0 Å². The fourth-order valence-corrected chi connectivity index (χ4v) is 2.15. The number of aryl methyl sites for hydroxylation is 1. The normalized spacial score (nSPS) is 21.9. The molecule has 0 aliphatic carbocycles. The van der Waals surface area contributed by atoms with Gasteiger partial charge < -0.3 is 10.4 Å². The molecule has 0 spiro atoms. The van der Waals surface area contributed by atoms with Crippen molar-refractivity contribution in [3.63, 3.8) is 0 Å². The SMILES string of the molecule is Cc1ccc([C@]2(CCC(=O)O)NC(=O)NC2=O)cc1. The van der Waals surface area contributed by atoms with Crippen LogP contribution in [0.3, 0.4) is 0 Å². The molecule has 0 bridgehead atoms. The molecule has 1 heterocycles. The number of carbonyl (C=O) groups excluding carboxylic acids is 2. The molecule has 1 atom stereocenters. The number of carbonyl (C=O) groups is 3. The Bertz CT molecular complexity index is 538. The summed E-state index contributed by atoms with van der Waals surface area (Å²) in [4.78, 5) is 34.1. The summed E-state index contributed by atoms with van der Waals surface area (Å²) in [5.74, 6) is -1.52. The van der Waals surface area contributed by atoms with Crippen molar-refractivity contribution in [2.75, 3.05) is 0 Å². The number of nitrogens with one attached hydrogen (secondary N) is 2. The van der Waals surface area contributed by atoms with E-state index >= 15 is 0 Å². The Morgan fingerprint density at radius 1 is 1.26 bits per heavy atom. The number of imide groups is 1. The Balaban J connectivity index is 2.39. The number of amides is 3. The average molecular weight is 262 g/mol. The van der Waals surface area contributed by atoms with Crippen LogP contribution in [0.25, 0.3) is 0 Å². The molecule has 0 unspecified atom stereocenters. The molecule has 1 fully saturated rings. The maximum Gasteiger partial charge on any atom is 0.322 e. The summed E-state index contributed by atoms with van der Waals surface area (Å²) in [6.45, 7) is 1.90. The van der Waals surface area contributed by atoms with Crippen molar-refractivity contribution in [2.45, 2.75) is 25.3 Å². The zero-order valence-electron chi connectivity index (χ0n) is 10.4. The highest BCUT2D eigenvalue weighted by Crippen LogP contribution is 2.30. The van der Waals surface area contributed by atoms with E-state index in [4.69, 9.17) is 5.11 Å². The van der Waals surface area contributed by atoms with Gasteiger partial charge in [0, 0.05) is 6.42 Å². The Morgan fingerprint density at radius 3 is 2.37 bits per heavy atom. The van der Waals surface area contributed by atoms with Crippen molar-refractivity contribution in [1.29, 1.82) is 0 Å². The predicted molar refractivity (Wildman–Crippen MR) is 66.4 cm³/mol. The minimum absolute atomic E-state index is 0.0168. The number of benzene rings is 1. The summed E-state index contributed by atoms with van der Waals surface area (Å²) in [5, 5.41) is 13.5. The lowest BCUT2D eigenvalue weighted by Gasteiger charge is -2.26. The number of aliphatic carboxylic acids is 1. The van der Waals surface area contributed by atoms with E-state index in [-0.39, 0.29) is 12.8 Å². The number of rotatable bonds is 4. The minimum atomic E-state index is -1.29. The molecule has 100 valence electrons. The largest absolute Gasteiger partial charge is 0.481 e. The van der Waals surface area contributed by atoms with Crippen LogP contribution in [0.1, 0.15) is 24.0 Å². The number of hydrogen-bond donors (Lipinski definition) is 3. The minimum Gasteiger partial charge on any atom is -0.481 e. The fourth-order valence-electron chi connectivity index (χ4n) is 2.15. The first-order chi connectivity index (χ1) is 8.94. The van der Waals surface area contributed by atoms with Crippen LogP contribution in [0.4, 0.5) is 4.79 Å². The summed E-state index contributed by atoms with van der Waals surface area (Å²) < 4.78 is 0. The van der Waals surface area contributed by atoms with Crippen LogP contribution in [0, 0.1) is 6.92 Å². The van der Waals surface area contributed by atoms with Crippen molar-refractivity contribution < 1.29 is 19.5 Å². The smallest absolute Gasteiger partial charge is 0.322 e. The van der Waals surface area contributed by atoms with Crippen LogP contribution in [0.2, 0.25) is 0 Å². The molecule has 3 N–H and O–H groups in total. The lowest BCUT2D eigenvalue weighted by atomic mass is 9.85. The first kappa shape index (κ1) is 13.1. The lowest BCUT2D eigenvalue weighted by molar-refractivity contribution is -0.137. The molecule has 6 heteroatoms. The first-order valence-corrected chi connectivity index (χ1v) is 5.86. The number of hydrogen-bond acceptors (Lipinski definition) is 3. The highest BCUT2D eigenvalue weighted by Gasteiger charge is 2.47. The fraction of sp³-hybridized carbons (Fsp3) is 0.308. The zero-order chi connectivity index (χ0) is 14.0. The average Bonchev–Trinajstić information content (AvgIpc) is 2.63. The van der Waals surface area contributed by atoms with Crippen LogP contribution in [-0.2, 0) is 15.1 Å². The van der Waals surface area contributed by atoms with Crippen molar-refractivity contribution in [3.05, 3.63) is 35.4 Å². The summed E-state index contributed by atoms with van der Waals surface area (Å²) >= 11 is 0. The standard InChI is InChI=1S/C13H14N2O4/c1-8-2-4-9(5-3-8)13(7-6-10(16)17)11(18)14-12(19)15-13/h2-5H,6-7H2,1H3,(H,16,17)(H2,14,15,18,19)/t13-/m0/s1. The van der Waals surface area contributed by atoms with Crippen LogP contribution >= 0.6 is 0 Å². The summed E-state index contributed by atoms with van der Waals surface area (Å²) in [5.41, 5.74) is 0.313. The first-order valence-electron chi connectivity index (χ1n) is 5.86. The van der Waals surface area contributed by atoms with Gasteiger partial charge >= 0.3 is 12.0 Å². The van der Waals surface area contributed by atoms with Gasteiger partial charge in [0.2, 0.25) is 0 Å². The van der Waals surface area contributed by atoms with E-state index in [9.17, 15) is 14.4 Å². The predicted octanol–water partition coefficient (Wildman–Crippen LogP) is 0.895. The van der Waals surface area contributed by atoms with Crippen molar-refractivity contribution in [2.24, 2.45) is 0 Å². The van der Waals surface area contributed by atoms with E-state index in [2.05, 4.69) is 10.6 Å². The Hall–Kier alpha value is -2.37. The van der Waals surface area contributed by atoms with Gasteiger partial charge in [0.15, 0.2) is 0 Å². The molecular formula is C13H14N2O4. The Labute approximate surface area is 109 Å².